The van der Waals surface area contributed by atoms with Crippen molar-refractivity contribution >= 4 is 17.7 Å². The first-order valence-electron chi connectivity index (χ1n) is 11.6. The van der Waals surface area contributed by atoms with Gasteiger partial charge in [0.25, 0.3) is 0 Å². The third-order valence-corrected chi connectivity index (χ3v) is 7.05. The summed E-state index contributed by atoms with van der Waals surface area (Å²) >= 11 is 1.44. The van der Waals surface area contributed by atoms with Gasteiger partial charge in [0.05, 0.1) is 16.5 Å². The van der Waals surface area contributed by atoms with Gasteiger partial charge >= 0.3 is 17.8 Å². The number of carbonyl (C=O) groups is 1. The van der Waals surface area contributed by atoms with Crippen molar-refractivity contribution in [2.45, 2.75) is 29.7 Å². The van der Waals surface area contributed by atoms with E-state index >= 15 is 0 Å². The van der Waals surface area contributed by atoms with Crippen LogP contribution in [0.3, 0.4) is 0 Å². The van der Waals surface area contributed by atoms with E-state index in [1.165, 1.54) is 28.5 Å². The topological polar surface area (TPSA) is 86.4 Å². The zero-order chi connectivity index (χ0) is 27.4. The zero-order valence-corrected chi connectivity index (χ0v) is 21.3. The highest BCUT2D eigenvalue weighted by atomic mass is 32.2. The van der Waals surface area contributed by atoms with E-state index in [9.17, 15) is 22.8 Å². The molecule has 0 bridgehead atoms. The number of ether oxygens (including phenoxy) is 1. The van der Waals surface area contributed by atoms with Crippen molar-refractivity contribution in [2.24, 2.45) is 7.05 Å². The molecule has 0 saturated heterocycles. The molecule has 0 aliphatic rings. The number of aromatic nitrogens is 3. The van der Waals surface area contributed by atoms with Crippen LogP contribution in [0.2, 0.25) is 0 Å². The van der Waals surface area contributed by atoms with Crippen LogP contribution in [0.15, 0.2) is 82.5 Å². The summed E-state index contributed by atoms with van der Waals surface area (Å²) in [7, 11) is 1.57. The number of aryl methyl sites for hydroxylation is 1. The fourth-order valence-electron chi connectivity index (χ4n) is 3.86. The molecule has 11 heteroatoms. The number of hydrogen-bond acceptors (Lipinski definition) is 5. The minimum atomic E-state index is -4.49. The Kier molecular flexibility index (Phi) is 7.96. The molecular weight excluding hydrogens is 519 g/mol. The first-order chi connectivity index (χ1) is 18.1. The molecule has 4 rings (SSSR count). The van der Waals surface area contributed by atoms with E-state index < -0.39 is 35.3 Å². The van der Waals surface area contributed by atoms with Gasteiger partial charge in [-0.05, 0) is 60.0 Å². The molecule has 0 fully saturated rings. The fourth-order valence-corrected chi connectivity index (χ4v) is 5.09. The van der Waals surface area contributed by atoms with Crippen LogP contribution in [0.4, 0.5) is 13.2 Å². The normalized spacial score (nSPS) is 12.3. The van der Waals surface area contributed by atoms with E-state index in [0.717, 1.165) is 32.8 Å². The largest absolute Gasteiger partial charge is 0.482 e. The van der Waals surface area contributed by atoms with Gasteiger partial charge in [0.2, 0.25) is 0 Å². The molecule has 1 aromatic heterocycles. The maximum atomic E-state index is 13.1. The lowest BCUT2D eigenvalue weighted by Gasteiger charge is -2.17. The monoisotopic (exact) mass is 543 g/mol. The average molecular weight is 544 g/mol. The highest BCUT2D eigenvalue weighted by molar-refractivity contribution is 7.99. The first kappa shape index (κ1) is 27.1. The van der Waals surface area contributed by atoms with Crippen LogP contribution in [-0.4, -0.2) is 32.0 Å². The second-order valence-electron chi connectivity index (χ2n) is 8.37. The Morgan fingerprint density at radius 2 is 1.76 bits per heavy atom. The lowest BCUT2D eigenvalue weighted by molar-refractivity contribution is -0.139. The molecule has 1 unspecified atom stereocenters. The van der Waals surface area contributed by atoms with Crippen LogP contribution in [0.5, 0.6) is 5.75 Å². The van der Waals surface area contributed by atoms with E-state index in [4.69, 9.17) is 9.84 Å². The Hall–Kier alpha value is -3.99. The number of hydrogen-bond donors (Lipinski definition) is 1. The average Bonchev–Trinajstić information content (AvgIpc) is 3.20. The number of thioether (sulfide) groups is 1. The molecule has 3 aromatic carbocycles. The Bertz CT molecular complexity index is 1480. The number of carboxylic acids is 1. The van der Waals surface area contributed by atoms with Crippen LogP contribution in [0.25, 0.3) is 5.69 Å². The Labute approximate surface area is 220 Å². The van der Waals surface area contributed by atoms with Crippen molar-refractivity contribution < 1.29 is 27.8 Å². The number of benzene rings is 3. The molecule has 0 saturated carbocycles. The fraction of sp³-hybridized carbons (Fsp3) is 0.222. The summed E-state index contributed by atoms with van der Waals surface area (Å²) in [5.41, 5.74) is 0.607. The summed E-state index contributed by atoms with van der Waals surface area (Å²) in [6, 6.07) is 19.1. The van der Waals surface area contributed by atoms with Gasteiger partial charge < -0.3 is 9.84 Å². The maximum absolute atomic E-state index is 13.1. The SMILES string of the molecule is CCc1cc(SC(c2ccccc2)c2nn(-c3ccc(C(F)(F)F)cc3)c(=O)n2C)ccc1OCC(=O)O. The molecule has 4 aromatic rings. The number of alkyl halides is 3. The molecule has 38 heavy (non-hydrogen) atoms. The van der Waals surface area contributed by atoms with Crippen LogP contribution < -0.4 is 10.4 Å². The first-order valence-corrected chi connectivity index (χ1v) is 12.5. The zero-order valence-electron chi connectivity index (χ0n) is 20.5. The lowest BCUT2D eigenvalue weighted by atomic mass is 10.1. The van der Waals surface area contributed by atoms with Gasteiger partial charge in [0, 0.05) is 11.9 Å². The molecule has 198 valence electrons. The smallest absolute Gasteiger partial charge is 0.416 e. The van der Waals surface area contributed by atoms with Crippen LogP contribution >= 0.6 is 11.8 Å². The summed E-state index contributed by atoms with van der Waals surface area (Å²) in [5.74, 6) is -0.177. The van der Waals surface area contributed by atoms with Crippen molar-refractivity contribution in [1.29, 1.82) is 0 Å². The Balaban J connectivity index is 1.73. The van der Waals surface area contributed by atoms with Gasteiger partial charge in [0.15, 0.2) is 12.4 Å². The van der Waals surface area contributed by atoms with Crippen molar-refractivity contribution in [1.82, 2.24) is 14.3 Å². The lowest BCUT2D eigenvalue weighted by Crippen LogP contribution is -2.22. The van der Waals surface area contributed by atoms with E-state index in [1.54, 1.807) is 13.1 Å². The van der Waals surface area contributed by atoms with Crippen molar-refractivity contribution in [3.63, 3.8) is 0 Å². The number of aliphatic carboxylic acids is 1. The van der Waals surface area contributed by atoms with E-state index in [0.29, 0.717) is 18.0 Å². The third-order valence-electron chi connectivity index (χ3n) is 5.81. The van der Waals surface area contributed by atoms with Crippen molar-refractivity contribution in [2.75, 3.05) is 6.61 Å². The van der Waals surface area contributed by atoms with Crippen molar-refractivity contribution in [3.8, 4) is 11.4 Å². The quantitative estimate of drug-likeness (QED) is 0.281. The second kappa shape index (κ2) is 11.2. The van der Waals surface area contributed by atoms with Crippen LogP contribution in [0.1, 0.15) is 34.7 Å². The van der Waals surface area contributed by atoms with Gasteiger partial charge in [-0.15, -0.1) is 16.9 Å². The van der Waals surface area contributed by atoms with Gasteiger partial charge in [-0.25, -0.2) is 9.59 Å². The molecular formula is C27H24F3N3O4S. The van der Waals surface area contributed by atoms with Crippen LogP contribution in [0, 0.1) is 0 Å². The van der Waals surface area contributed by atoms with Gasteiger partial charge in [-0.1, -0.05) is 37.3 Å². The molecule has 0 radical (unpaired) electrons. The van der Waals surface area contributed by atoms with Crippen molar-refractivity contribution in [3.05, 3.63) is 106 Å². The van der Waals surface area contributed by atoms with E-state index in [1.807, 2.05) is 49.4 Å². The number of nitrogens with zero attached hydrogens (tertiary/aromatic N) is 3. The third kappa shape index (κ3) is 5.94. The Morgan fingerprint density at radius 1 is 1.08 bits per heavy atom. The molecule has 0 spiro atoms. The Morgan fingerprint density at radius 3 is 2.37 bits per heavy atom. The highest BCUT2D eigenvalue weighted by Crippen LogP contribution is 2.41. The number of carboxylic acid groups (broad SMARTS) is 1. The van der Waals surface area contributed by atoms with Crippen LogP contribution in [-0.2, 0) is 24.4 Å². The number of halogens is 3. The minimum absolute atomic E-state index is 0.217. The summed E-state index contributed by atoms with van der Waals surface area (Å²) in [6.07, 6.45) is -3.88. The summed E-state index contributed by atoms with van der Waals surface area (Å²) in [5, 5.41) is 13.0. The van der Waals surface area contributed by atoms with E-state index in [2.05, 4.69) is 5.10 Å². The maximum Gasteiger partial charge on any atom is 0.416 e. The molecule has 0 amide bonds. The molecule has 0 aliphatic carbocycles. The minimum Gasteiger partial charge on any atom is -0.482 e. The predicted molar refractivity (Wildman–Crippen MR) is 137 cm³/mol. The predicted octanol–water partition coefficient (Wildman–Crippen LogP) is 5.50. The molecule has 0 aliphatic heterocycles. The summed E-state index contributed by atoms with van der Waals surface area (Å²) < 4.78 is 46.9. The summed E-state index contributed by atoms with van der Waals surface area (Å²) in [4.78, 5) is 24.8. The molecule has 1 N–H and O–H groups in total. The number of rotatable bonds is 9. The van der Waals surface area contributed by atoms with Gasteiger partial charge in [-0.2, -0.15) is 17.9 Å². The highest BCUT2D eigenvalue weighted by Gasteiger charge is 2.30. The standard InChI is InChI=1S/C27H24F3N3O4S/c1-3-17-15-21(13-14-22(17)37-16-23(34)35)38-24(18-7-5-4-6-8-18)25-31-33(26(36)32(25)2)20-11-9-19(10-12-20)27(28,29)30/h4-15,24H,3,16H2,1-2H3,(H,34,35). The molecule has 7 nitrogen and oxygen atoms in total. The van der Waals surface area contributed by atoms with E-state index in [-0.39, 0.29) is 5.69 Å². The van der Waals surface area contributed by atoms with Gasteiger partial charge in [-0.3, -0.25) is 4.57 Å². The summed E-state index contributed by atoms with van der Waals surface area (Å²) in [6.45, 7) is 1.48. The second-order valence-corrected chi connectivity index (χ2v) is 9.55. The molecule has 1 atom stereocenters. The van der Waals surface area contributed by atoms with Gasteiger partial charge in [0.1, 0.15) is 5.75 Å². The molecule has 1 heterocycles.